The third-order valence-electron chi connectivity index (χ3n) is 4.11. The molecule has 3 aromatic rings. The topological polar surface area (TPSA) is 60.3 Å². The zero-order chi connectivity index (χ0) is 18.7. The minimum absolute atomic E-state index is 0.0114. The van der Waals surface area contributed by atoms with Crippen molar-refractivity contribution < 1.29 is 9.53 Å². The summed E-state index contributed by atoms with van der Waals surface area (Å²) in [5.74, 6) is 0.430. The van der Waals surface area contributed by atoms with E-state index in [0.717, 1.165) is 16.6 Å². The molecule has 5 nitrogen and oxygen atoms in total. The Bertz CT molecular complexity index is 971. The first-order chi connectivity index (χ1) is 12.5. The van der Waals surface area contributed by atoms with Crippen molar-refractivity contribution in [2.75, 3.05) is 11.9 Å². The normalized spacial score (nSPS) is 11.1. The summed E-state index contributed by atoms with van der Waals surface area (Å²) in [6.45, 7) is 5.99. The van der Waals surface area contributed by atoms with Crippen molar-refractivity contribution in [2.45, 2.75) is 33.2 Å². The lowest BCUT2D eigenvalue weighted by atomic mass is 10.2. The molecule has 0 radical (unpaired) electrons. The first-order valence-electron chi connectivity index (χ1n) is 8.64. The van der Waals surface area contributed by atoms with Gasteiger partial charge in [-0.1, -0.05) is 30.4 Å². The van der Waals surface area contributed by atoms with Crippen molar-refractivity contribution >= 4 is 33.1 Å². The number of amides is 1. The molecule has 3 rings (SSSR count). The second-order valence-electron chi connectivity index (χ2n) is 6.35. The molecule has 0 aliphatic heterocycles. The number of anilines is 1. The number of benzene rings is 2. The fraction of sp³-hybridized carbons (Fsp3) is 0.300. The van der Waals surface area contributed by atoms with E-state index in [1.54, 1.807) is 10.6 Å². The summed E-state index contributed by atoms with van der Waals surface area (Å²) in [5, 5.41) is 2.82. The molecule has 0 aliphatic carbocycles. The number of hydrogen-bond acceptors (Lipinski definition) is 4. The van der Waals surface area contributed by atoms with Crippen molar-refractivity contribution in [3.63, 3.8) is 0 Å². The maximum absolute atomic E-state index is 12.1. The number of nitrogens with one attached hydrogen (secondary N) is 1. The predicted molar refractivity (Wildman–Crippen MR) is 106 cm³/mol. The van der Waals surface area contributed by atoms with Gasteiger partial charge in [-0.3, -0.25) is 14.2 Å². The van der Waals surface area contributed by atoms with Crippen molar-refractivity contribution in [3.8, 4) is 5.75 Å². The number of carbonyl (C=O) groups is 1. The summed E-state index contributed by atoms with van der Waals surface area (Å²) >= 11 is 1.19. The third kappa shape index (κ3) is 3.96. The molecule has 0 spiro atoms. The van der Waals surface area contributed by atoms with Gasteiger partial charge in [-0.2, -0.15) is 0 Å². The number of rotatable bonds is 6. The summed E-state index contributed by atoms with van der Waals surface area (Å²) in [5.41, 5.74) is 2.77. The van der Waals surface area contributed by atoms with Crippen LogP contribution in [0.3, 0.4) is 0 Å². The molecule has 136 valence electrons. The van der Waals surface area contributed by atoms with E-state index in [1.165, 1.54) is 16.9 Å². The molecular weight excluding hydrogens is 348 g/mol. The summed E-state index contributed by atoms with van der Waals surface area (Å²) in [4.78, 5) is 24.2. The number of ether oxygens (including phenoxy) is 1. The van der Waals surface area contributed by atoms with Crippen LogP contribution in [0.25, 0.3) is 10.2 Å². The van der Waals surface area contributed by atoms with Gasteiger partial charge in [-0.05, 0) is 56.2 Å². The molecule has 1 amide bonds. The minimum Gasteiger partial charge on any atom is -0.484 e. The molecule has 0 bridgehead atoms. The minimum atomic E-state index is -0.237. The molecule has 0 saturated heterocycles. The van der Waals surface area contributed by atoms with Crippen molar-refractivity contribution in [3.05, 3.63) is 57.7 Å². The lowest BCUT2D eigenvalue weighted by Crippen LogP contribution is -2.20. The Morgan fingerprint density at radius 2 is 1.92 bits per heavy atom. The maximum atomic E-state index is 12.1. The van der Waals surface area contributed by atoms with E-state index in [4.69, 9.17) is 4.74 Å². The van der Waals surface area contributed by atoms with Crippen LogP contribution in [-0.2, 0) is 11.2 Å². The number of fused-ring (bicyclic) bond motifs is 1. The molecule has 26 heavy (non-hydrogen) atoms. The van der Waals surface area contributed by atoms with Crippen molar-refractivity contribution in [2.24, 2.45) is 0 Å². The van der Waals surface area contributed by atoms with E-state index in [2.05, 4.69) is 12.2 Å². The third-order valence-corrected chi connectivity index (χ3v) is 5.03. The van der Waals surface area contributed by atoms with E-state index in [1.807, 2.05) is 50.2 Å². The highest BCUT2D eigenvalue weighted by Gasteiger charge is 2.11. The van der Waals surface area contributed by atoms with Crippen LogP contribution in [0.4, 0.5) is 5.69 Å². The van der Waals surface area contributed by atoms with Gasteiger partial charge in [0.15, 0.2) is 6.61 Å². The summed E-state index contributed by atoms with van der Waals surface area (Å²) < 4.78 is 8.14. The van der Waals surface area contributed by atoms with Crippen molar-refractivity contribution in [1.29, 1.82) is 0 Å². The highest BCUT2D eigenvalue weighted by Crippen LogP contribution is 2.24. The van der Waals surface area contributed by atoms with Crippen LogP contribution in [0.1, 0.15) is 32.4 Å². The number of hydrogen-bond donors (Lipinski definition) is 1. The highest BCUT2D eigenvalue weighted by atomic mass is 32.1. The maximum Gasteiger partial charge on any atom is 0.308 e. The number of aromatic nitrogens is 1. The van der Waals surface area contributed by atoms with Gasteiger partial charge in [0.2, 0.25) is 0 Å². The lowest BCUT2D eigenvalue weighted by molar-refractivity contribution is -0.118. The van der Waals surface area contributed by atoms with Crippen LogP contribution in [0.15, 0.2) is 47.3 Å². The Morgan fingerprint density at radius 3 is 2.58 bits per heavy atom. The molecule has 1 N–H and O–H groups in total. The standard InChI is InChI=1S/C20H22N2O3S/c1-4-14-5-8-16(9-6-14)25-12-19(23)21-15-7-10-17-18(11-15)26-20(24)22(17)13(2)3/h5-11,13H,4,12H2,1-3H3,(H,21,23). The highest BCUT2D eigenvalue weighted by molar-refractivity contribution is 7.16. The van der Waals surface area contributed by atoms with Gasteiger partial charge in [0.05, 0.1) is 10.2 Å². The van der Waals surface area contributed by atoms with E-state index in [9.17, 15) is 9.59 Å². The van der Waals surface area contributed by atoms with Gasteiger partial charge < -0.3 is 10.1 Å². The Hall–Kier alpha value is -2.60. The van der Waals surface area contributed by atoms with Gasteiger partial charge in [0.25, 0.3) is 5.91 Å². The zero-order valence-electron chi connectivity index (χ0n) is 15.1. The monoisotopic (exact) mass is 370 g/mol. The molecular formula is C20H22N2O3S. The summed E-state index contributed by atoms with van der Waals surface area (Å²) in [7, 11) is 0. The number of aryl methyl sites for hydroxylation is 1. The van der Waals surface area contributed by atoms with Crippen LogP contribution in [0.2, 0.25) is 0 Å². The SMILES string of the molecule is CCc1ccc(OCC(=O)Nc2ccc3c(c2)sc(=O)n3C(C)C)cc1. The Morgan fingerprint density at radius 1 is 1.19 bits per heavy atom. The molecule has 0 unspecified atom stereocenters. The molecule has 0 aliphatic rings. The van der Waals surface area contributed by atoms with Crippen LogP contribution in [0.5, 0.6) is 5.75 Å². The van der Waals surface area contributed by atoms with E-state index < -0.39 is 0 Å². The molecule has 6 heteroatoms. The summed E-state index contributed by atoms with van der Waals surface area (Å²) in [6.07, 6.45) is 0.966. The van der Waals surface area contributed by atoms with Gasteiger partial charge in [-0.15, -0.1) is 0 Å². The first-order valence-corrected chi connectivity index (χ1v) is 9.46. The number of carbonyl (C=O) groups excluding carboxylic acids is 1. The average Bonchev–Trinajstić information content (AvgIpc) is 2.95. The first kappa shape index (κ1) is 18.2. The van der Waals surface area contributed by atoms with Crippen LogP contribution in [0, 0.1) is 0 Å². The quantitative estimate of drug-likeness (QED) is 0.706. The fourth-order valence-electron chi connectivity index (χ4n) is 2.77. The fourth-order valence-corrected chi connectivity index (χ4v) is 3.82. The largest absolute Gasteiger partial charge is 0.484 e. The second kappa shape index (κ2) is 7.74. The average molecular weight is 370 g/mol. The molecule has 0 atom stereocenters. The van der Waals surface area contributed by atoms with Gasteiger partial charge in [0.1, 0.15) is 5.75 Å². The van der Waals surface area contributed by atoms with E-state index in [-0.39, 0.29) is 23.4 Å². The molecule has 0 saturated carbocycles. The molecule has 0 fully saturated rings. The number of thiazole rings is 1. The zero-order valence-corrected chi connectivity index (χ0v) is 15.9. The summed E-state index contributed by atoms with van der Waals surface area (Å²) in [6, 6.07) is 13.3. The lowest BCUT2D eigenvalue weighted by Gasteiger charge is -2.09. The number of nitrogens with zero attached hydrogens (tertiary/aromatic N) is 1. The Labute approximate surface area is 156 Å². The molecule has 2 aromatic carbocycles. The van der Waals surface area contributed by atoms with Gasteiger partial charge in [-0.25, -0.2) is 0 Å². The van der Waals surface area contributed by atoms with Crippen LogP contribution < -0.4 is 14.9 Å². The van der Waals surface area contributed by atoms with E-state index >= 15 is 0 Å². The Kier molecular flexibility index (Phi) is 5.42. The smallest absolute Gasteiger partial charge is 0.308 e. The van der Waals surface area contributed by atoms with Crippen LogP contribution in [-0.4, -0.2) is 17.1 Å². The van der Waals surface area contributed by atoms with Crippen LogP contribution >= 0.6 is 11.3 Å². The second-order valence-corrected chi connectivity index (χ2v) is 7.34. The van der Waals surface area contributed by atoms with Gasteiger partial charge in [0, 0.05) is 11.7 Å². The van der Waals surface area contributed by atoms with Gasteiger partial charge >= 0.3 is 4.87 Å². The molecule has 1 aromatic heterocycles. The predicted octanol–water partition coefficient (Wildman–Crippen LogP) is 4.22. The Balaban J connectivity index is 1.66. The molecule has 1 heterocycles. The van der Waals surface area contributed by atoms with E-state index in [0.29, 0.717) is 11.4 Å². The van der Waals surface area contributed by atoms with Crippen molar-refractivity contribution in [1.82, 2.24) is 4.57 Å².